The Balaban J connectivity index is 1.85. The summed E-state index contributed by atoms with van der Waals surface area (Å²) < 4.78 is 0. The Labute approximate surface area is 66.1 Å². The van der Waals surface area contributed by atoms with E-state index in [9.17, 15) is 0 Å². The lowest BCUT2D eigenvalue weighted by Crippen LogP contribution is -2.39. The Morgan fingerprint density at radius 3 is 2.80 bits per heavy atom. The van der Waals surface area contributed by atoms with Gasteiger partial charge in [0.2, 0.25) is 0 Å². The van der Waals surface area contributed by atoms with Crippen molar-refractivity contribution in [1.82, 2.24) is 10.6 Å². The maximum Gasteiger partial charge on any atom is 0.0688 e. The zero-order chi connectivity index (χ0) is 6.81. The summed E-state index contributed by atoms with van der Waals surface area (Å²) in [5.41, 5.74) is 0. The predicted octanol–water partition coefficient (Wildman–Crippen LogP) is 0.401. The summed E-state index contributed by atoms with van der Waals surface area (Å²) >= 11 is 2.07. The molecular formula is C7H14N2S. The van der Waals surface area contributed by atoms with Crippen LogP contribution in [-0.4, -0.2) is 30.3 Å². The van der Waals surface area contributed by atoms with Gasteiger partial charge in [-0.05, 0) is 19.4 Å². The summed E-state index contributed by atoms with van der Waals surface area (Å²) in [5, 5.41) is 7.72. The molecule has 2 aliphatic rings. The molecule has 0 spiro atoms. The Kier molecular flexibility index (Phi) is 2.16. The number of rotatable bonds is 1. The first-order valence-electron chi connectivity index (χ1n) is 4.05. The lowest BCUT2D eigenvalue weighted by molar-refractivity contribution is 0.528. The Hall–Kier alpha value is 0.270. The molecule has 0 saturated carbocycles. The molecule has 0 aromatic rings. The van der Waals surface area contributed by atoms with E-state index >= 15 is 0 Å². The third-order valence-corrected chi connectivity index (χ3v) is 3.50. The standard InChI is InChI=1S/C7H14N2S/c1-2-6(8-3-1)7-9-4-5-10-7/h6-9H,1-5H2. The van der Waals surface area contributed by atoms with Gasteiger partial charge in [0.15, 0.2) is 0 Å². The summed E-state index contributed by atoms with van der Waals surface area (Å²) in [4.78, 5) is 0. The van der Waals surface area contributed by atoms with Crippen LogP contribution in [0.15, 0.2) is 0 Å². The van der Waals surface area contributed by atoms with Crippen molar-refractivity contribution in [3.63, 3.8) is 0 Å². The van der Waals surface area contributed by atoms with E-state index in [1.54, 1.807) is 0 Å². The Morgan fingerprint density at radius 1 is 1.20 bits per heavy atom. The molecule has 2 saturated heterocycles. The van der Waals surface area contributed by atoms with E-state index in [1.165, 1.54) is 31.7 Å². The van der Waals surface area contributed by atoms with Gasteiger partial charge in [-0.15, -0.1) is 11.8 Å². The quantitative estimate of drug-likeness (QED) is 0.577. The fourth-order valence-electron chi connectivity index (χ4n) is 1.67. The minimum absolute atomic E-state index is 0.711. The number of hydrogen-bond acceptors (Lipinski definition) is 3. The first-order valence-corrected chi connectivity index (χ1v) is 5.10. The third kappa shape index (κ3) is 1.31. The van der Waals surface area contributed by atoms with Crippen LogP contribution in [0.2, 0.25) is 0 Å². The van der Waals surface area contributed by atoms with Crippen molar-refractivity contribution in [3.05, 3.63) is 0 Å². The van der Waals surface area contributed by atoms with Crippen LogP contribution in [0.25, 0.3) is 0 Å². The van der Waals surface area contributed by atoms with Crippen LogP contribution in [-0.2, 0) is 0 Å². The molecule has 2 fully saturated rings. The summed E-state index contributed by atoms with van der Waals surface area (Å²) in [6.07, 6.45) is 2.73. The summed E-state index contributed by atoms with van der Waals surface area (Å²) in [7, 11) is 0. The molecule has 0 radical (unpaired) electrons. The van der Waals surface area contributed by atoms with Gasteiger partial charge in [0.1, 0.15) is 0 Å². The van der Waals surface area contributed by atoms with Crippen LogP contribution >= 0.6 is 11.8 Å². The molecule has 2 N–H and O–H groups in total. The fraction of sp³-hybridized carbons (Fsp3) is 1.00. The monoisotopic (exact) mass is 158 g/mol. The zero-order valence-electron chi connectivity index (χ0n) is 6.10. The summed E-state index contributed by atoms with van der Waals surface area (Å²) in [5.74, 6) is 1.29. The molecule has 3 heteroatoms. The minimum Gasteiger partial charge on any atom is -0.312 e. The highest BCUT2D eigenvalue weighted by atomic mass is 32.2. The van der Waals surface area contributed by atoms with Gasteiger partial charge in [0.05, 0.1) is 5.37 Å². The Bertz CT molecular complexity index is 92.2. The van der Waals surface area contributed by atoms with E-state index in [1.807, 2.05) is 0 Å². The largest absolute Gasteiger partial charge is 0.312 e. The second-order valence-corrected chi connectivity index (χ2v) is 4.20. The highest BCUT2D eigenvalue weighted by Crippen LogP contribution is 2.22. The van der Waals surface area contributed by atoms with Crippen LogP contribution in [0.4, 0.5) is 0 Å². The molecule has 10 heavy (non-hydrogen) atoms. The highest BCUT2D eigenvalue weighted by molar-refractivity contribution is 8.00. The second-order valence-electron chi connectivity index (χ2n) is 2.95. The molecule has 0 bridgehead atoms. The van der Waals surface area contributed by atoms with Crippen LogP contribution in [0, 0.1) is 0 Å². The van der Waals surface area contributed by atoms with Gasteiger partial charge in [0.25, 0.3) is 0 Å². The molecule has 58 valence electrons. The van der Waals surface area contributed by atoms with E-state index in [-0.39, 0.29) is 0 Å². The van der Waals surface area contributed by atoms with Crippen LogP contribution in [0.5, 0.6) is 0 Å². The number of thioether (sulfide) groups is 1. The first kappa shape index (κ1) is 6.95. The maximum absolute atomic E-state index is 3.52. The molecule has 2 atom stereocenters. The number of nitrogens with one attached hydrogen (secondary N) is 2. The third-order valence-electron chi connectivity index (χ3n) is 2.21. The van der Waals surface area contributed by atoms with Crippen LogP contribution < -0.4 is 10.6 Å². The molecule has 2 aliphatic heterocycles. The fourth-order valence-corrected chi connectivity index (χ4v) is 2.86. The van der Waals surface area contributed by atoms with Gasteiger partial charge in [-0.2, -0.15) is 0 Å². The second kappa shape index (κ2) is 3.11. The van der Waals surface area contributed by atoms with Gasteiger partial charge >= 0.3 is 0 Å². The van der Waals surface area contributed by atoms with Gasteiger partial charge in [-0.1, -0.05) is 0 Å². The zero-order valence-corrected chi connectivity index (χ0v) is 6.91. The van der Waals surface area contributed by atoms with Gasteiger partial charge in [0, 0.05) is 18.3 Å². The van der Waals surface area contributed by atoms with Crippen molar-refractivity contribution >= 4 is 11.8 Å². The summed E-state index contributed by atoms with van der Waals surface area (Å²) in [6.45, 7) is 2.43. The van der Waals surface area contributed by atoms with E-state index in [0.717, 1.165) is 6.04 Å². The molecule has 0 amide bonds. The molecule has 2 unspecified atom stereocenters. The average molecular weight is 158 g/mol. The number of hydrogen-bond donors (Lipinski definition) is 2. The van der Waals surface area contributed by atoms with Crippen molar-refractivity contribution in [1.29, 1.82) is 0 Å². The minimum atomic E-state index is 0.711. The Morgan fingerprint density at radius 2 is 2.20 bits per heavy atom. The average Bonchev–Trinajstić information content (AvgIpc) is 2.59. The van der Waals surface area contributed by atoms with Gasteiger partial charge in [-0.3, -0.25) is 0 Å². The topological polar surface area (TPSA) is 24.1 Å². The van der Waals surface area contributed by atoms with E-state index in [4.69, 9.17) is 0 Å². The maximum atomic E-state index is 3.52. The molecule has 0 aromatic carbocycles. The summed E-state index contributed by atoms with van der Waals surface area (Å²) in [6, 6.07) is 0.757. The van der Waals surface area contributed by atoms with Crippen molar-refractivity contribution in [2.24, 2.45) is 0 Å². The molecule has 0 aromatic heterocycles. The molecular weight excluding hydrogens is 144 g/mol. The normalized spacial score (nSPS) is 40.8. The molecule has 2 heterocycles. The van der Waals surface area contributed by atoms with E-state index < -0.39 is 0 Å². The van der Waals surface area contributed by atoms with Crippen molar-refractivity contribution in [2.75, 3.05) is 18.8 Å². The highest BCUT2D eigenvalue weighted by Gasteiger charge is 2.26. The van der Waals surface area contributed by atoms with Gasteiger partial charge < -0.3 is 10.6 Å². The first-order chi connectivity index (χ1) is 4.97. The molecule has 2 nitrogen and oxygen atoms in total. The molecule has 2 rings (SSSR count). The lowest BCUT2D eigenvalue weighted by atomic mass is 10.2. The van der Waals surface area contributed by atoms with Crippen LogP contribution in [0.1, 0.15) is 12.8 Å². The SMILES string of the molecule is C1CNC(C2NCCS2)C1. The molecule has 0 aliphatic carbocycles. The van der Waals surface area contributed by atoms with Crippen molar-refractivity contribution in [2.45, 2.75) is 24.3 Å². The smallest absolute Gasteiger partial charge is 0.0688 e. The predicted molar refractivity (Wildman–Crippen MR) is 45.3 cm³/mol. The van der Waals surface area contributed by atoms with Crippen molar-refractivity contribution in [3.8, 4) is 0 Å². The van der Waals surface area contributed by atoms with Crippen molar-refractivity contribution < 1.29 is 0 Å². The van der Waals surface area contributed by atoms with E-state index in [0.29, 0.717) is 5.37 Å². The lowest BCUT2D eigenvalue weighted by Gasteiger charge is -2.17. The van der Waals surface area contributed by atoms with E-state index in [2.05, 4.69) is 22.4 Å². The van der Waals surface area contributed by atoms with Crippen LogP contribution in [0.3, 0.4) is 0 Å². The van der Waals surface area contributed by atoms with Gasteiger partial charge in [-0.25, -0.2) is 0 Å².